The first-order chi connectivity index (χ1) is 6.06. The second kappa shape index (κ2) is 4.61. The van der Waals surface area contributed by atoms with Gasteiger partial charge in [-0.2, -0.15) is 0 Å². The molecular weight excluding hydrogens is 359 g/mol. The van der Waals surface area contributed by atoms with Crippen molar-refractivity contribution < 1.29 is 13.9 Å². The number of pyridine rings is 1. The van der Waals surface area contributed by atoms with Crippen LogP contribution in [0.25, 0.3) is 0 Å². The lowest BCUT2D eigenvalue weighted by atomic mass is 10.2. The minimum absolute atomic E-state index is 0.149. The Labute approximate surface area is 95.6 Å². The molecule has 1 aromatic heterocycles. The Morgan fingerprint density at radius 3 is 2.69 bits per heavy atom. The summed E-state index contributed by atoms with van der Waals surface area (Å²) < 4.78 is 25.7. The maximum absolute atomic E-state index is 12.4. The van der Waals surface area contributed by atoms with E-state index >= 15 is 0 Å². The summed E-state index contributed by atoms with van der Waals surface area (Å²) in [5.74, 6) is 0. The van der Waals surface area contributed by atoms with Crippen LogP contribution in [0, 0.1) is 3.70 Å². The van der Waals surface area contributed by atoms with Crippen molar-refractivity contribution in [3.8, 4) is 0 Å². The first-order valence-corrected chi connectivity index (χ1v) is 5.17. The maximum Gasteiger partial charge on any atom is 0.280 e. The fourth-order valence-electron chi connectivity index (χ4n) is 0.866. The highest BCUT2D eigenvalue weighted by Gasteiger charge is 2.17. The van der Waals surface area contributed by atoms with Crippen LogP contribution in [0.4, 0.5) is 8.78 Å². The lowest BCUT2D eigenvalue weighted by Gasteiger charge is -2.07. The lowest BCUT2D eigenvalue weighted by molar-refractivity contribution is 0.141. The van der Waals surface area contributed by atoms with E-state index < -0.39 is 13.0 Å². The van der Waals surface area contributed by atoms with Gasteiger partial charge in [0.15, 0.2) is 0 Å². The Hall–Kier alpha value is 0.180. The highest BCUT2D eigenvalue weighted by molar-refractivity contribution is 14.1. The quantitative estimate of drug-likeness (QED) is 0.647. The van der Waals surface area contributed by atoms with Crippen molar-refractivity contribution in [2.24, 2.45) is 0 Å². The average molecular weight is 364 g/mol. The molecule has 0 unspecified atom stereocenters. The topological polar surface area (TPSA) is 33.1 Å². The molecule has 2 nitrogen and oxygen atoms in total. The van der Waals surface area contributed by atoms with Gasteiger partial charge in [-0.05, 0) is 28.7 Å². The van der Waals surface area contributed by atoms with Crippen LogP contribution in [0.1, 0.15) is 17.7 Å². The van der Waals surface area contributed by atoms with Gasteiger partial charge in [0.05, 0.1) is 6.61 Å². The molecule has 1 N–H and O–H groups in total. The molecule has 6 heteroatoms. The highest BCUT2D eigenvalue weighted by atomic mass is 127. The van der Waals surface area contributed by atoms with Gasteiger partial charge in [0.25, 0.3) is 6.43 Å². The van der Waals surface area contributed by atoms with Gasteiger partial charge in [-0.15, -0.1) is 0 Å². The summed E-state index contributed by atoms with van der Waals surface area (Å²) >= 11 is 4.93. The number of nitrogens with zero attached hydrogens (tertiary/aromatic N) is 1. The number of rotatable bonds is 2. The van der Waals surface area contributed by atoms with Gasteiger partial charge >= 0.3 is 0 Å². The molecule has 1 aromatic rings. The summed E-state index contributed by atoms with van der Waals surface area (Å²) in [5, 5.41) is 8.83. The maximum atomic E-state index is 12.4. The van der Waals surface area contributed by atoms with Gasteiger partial charge in [-0.1, -0.05) is 15.9 Å². The molecule has 0 amide bonds. The van der Waals surface area contributed by atoms with Crippen LogP contribution >= 0.6 is 38.5 Å². The number of aliphatic hydroxyl groups excluding tert-OH is 1. The predicted molar refractivity (Wildman–Crippen MR) is 55.5 cm³/mol. The Bertz CT molecular complexity index is 322. The minimum atomic E-state index is -2.66. The van der Waals surface area contributed by atoms with Gasteiger partial charge in [0.1, 0.15) is 9.39 Å². The van der Waals surface area contributed by atoms with Crippen molar-refractivity contribution in [1.29, 1.82) is 0 Å². The van der Waals surface area contributed by atoms with E-state index in [2.05, 4.69) is 20.9 Å². The minimum Gasteiger partial charge on any atom is -0.392 e. The SMILES string of the molecule is OCc1c(Br)cc(I)nc1C(F)F. The number of alkyl halides is 2. The molecule has 0 bridgehead atoms. The average Bonchev–Trinajstić information content (AvgIpc) is 2.02. The number of hydrogen-bond acceptors (Lipinski definition) is 2. The van der Waals surface area contributed by atoms with Crippen molar-refractivity contribution in [2.75, 3.05) is 0 Å². The van der Waals surface area contributed by atoms with E-state index in [0.717, 1.165) is 0 Å². The Morgan fingerprint density at radius 2 is 2.23 bits per heavy atom. The molecule has 1 rings (SSSR count). The molecular formula is C7H5BrF2INO. The zero-order chi connectivity index (χ0) is 10.0. The summed E-state index contributed by atoms with van der Waals surface area (Å²) in [4.78, 5) is 3.65. The van der Waals surface area contributed by atoms with Crippen molar-refractivity contribution in [3.05, 3.63) is 25.5 Å². The van der Waals surface area contributed by atoms with Crippen molar-refractivity contribution in [1.82, 2.24) is 4.98 Å². The van der Waals surface area contributed by atoms with Crippen molar-refractivity contribution in [3.63, 3.8) is 0 Å². The first-order valence-electron chi connectivity index (χ1n) is 3.30. The van der Waals surface area contributed by atoms with Gasteiger partial charge in [-0.3, -0.25) is 0 Å². The fourth-order valence-corrected chi connectivity index (χ4v) is 2.41. The van der Waals surface area contributed by atoms with Crippen LogP contribution < -0.4 is 0 Å². The van der Waals surface area contributed by atoms with Crippen LogP contribution in [0.15, 0.2) is 10.5 Å². The standard InChI is InChI=1S/C7H5BrF2INO/c8-4-1-5(11)12-6(7(9)10)3(4)2-13/h1,7,13H,2H2. The summed E-state index contributed by atoms with van der Waals surface area (Å²) in [6.07, 6.45) is -2.66. The third-order valence-corrected chi connectivity index (χ3v) is 2.70. The smallest absolute Gasteiger partial charge is 0.280 e. The monoisotopic (exact) mass is 363 g/mol. The zero-order valence-corrected chi connectivity index (χ0v) is 10.0. The van der Waals surface area contributed by atoms with E-state index in [-0.39, 0.29) is 11.3 Å². The first kappa shape index (κ1) is 11.3. The fraction of sp³-hybridized carbons (Fsp3) is 0.286. The molecule has 0 aliphatic rings. The van der Waals surface area contributed by atoms with E-state index in [1.807, 2.05) is 22.6 Å². The molecule has 0 spiro atoms. The molecule has 0 aliphatic heterocycles. The third-order valence-electron chi connectivity index (χ3n) is 1.44. The molecule has 72 valence electrons. The Morgan fingerprint density at radius 1 is 1.62 bits per heavy atom. The molecule has 0 saturated carbocycles. The second-order valence-electron chi connectivity index (χ2n) is 2.25. The van der Waals surface area contributed by atoms with E-state index in [9.17, 15) is 8.78 Å². The van der Waals surface area contributed by atoms with E-state index in [0.29, 0.717) is 8.17 Å². The van der Waals surface area contributed by atoms with Crippen molar-refractivity contribution >= 4 is 38.5 Å². The van der Waals surface area contributed by atoms with Crippen LogP contribution in [0.5, 0.6) is 0 Å². The molecule has 0 aromatic carbocycles. The molecule has 0 fully saturated rings. The Kier molecular flexibility index (Phi) is 3.99. The molecule has 0 aliphatic carbocycles. The largest absolute Gasteiger partial charge is 0.392 e. The summed E-state index contributed by atoms with van der Waals surface area (Å²) in [5.41, 5.74) is -0.211. The zero-order valence-electron chi connectivity index (χ0n) is 6.27. The molecule has 0 atom stereocenters. The molecule has 1 heterocycles. The van der Waals surface area contributed by atoms with E-state index in [1.54, 1.807) is 6.07 Å². The Balaban J connectivity index is 3.29. The van der Waals surface area contributed by atoms with E-state index in [1.165, 1.54) is 0 Å². The van der Waals surface area contributed by atoms with Gasteiger partial charge < -0.3 is 5.11 Å². The number of hydrogen-bond donors (Lipinski definition) is 1. The van der Waals surface area contributed by atoms with Crippen LogP contribution in [0.2, 0.25) is 0 Å². The number of halogens is 4. The molecule has 0 saturated heterocycles. The summed E-state index contributed by atoms with van der Waals surface area (Å²) in [6.45, 7) is -0.440. The third kappa shape index (κ3) is 2.57. The number of aliphatic hydroxyl groups is 1. The van der Waals surface area contributed by atoms with Gasteiger partial charge in [0.2, 0.25) is 0 Å². The van der Waals surface area contributed by atoms with Crippen LogP contribution in [0.3, 0.4) is 0 Å². The summed E-state index contributed by atoms with van der Waals surface area (Å²) in [7, 11) is 0. The summed E-state index contributed by atoms with van der Waals surface area (Å²) in [6, 6.07) is 1.58. The highest BCUT2D eigenvalue weighted by Crippen LogP contribution is 2.28. The van der Waals surface area contributed by atoms with Crippen molar-refractivity contribution in [2.45, 2.75) is 13.0 Å². The second-order valence-corrected chi connectivity index (χ2v) is 4.21. The van der Waals surface area contributed by atoms with Gasteiger partial charge in [-0.25, -0.2) is 13.8 Å². The predicted octanol–water partition coefficient (Wildman–Crippen LogP) is 2.88. The van der Waals surface area contributed by atoms with Crippen LogP contribution in [-0.2, 0) is 6.61 Å². The number of aromatic nitrogens is 1. The molecule has 13 heavy (non-hydrogen) atoms. The lowest BCUT2D eigenvalue weighted by Crippen LogP contribution is -2.01. The molecule has 0 radical (unpaired) electrons. The van der Waals surface area contributed by atoms with Crippen LogP contribution in [-0.4, -0.2) is 10.1 Å². The normalized spacial score (nSPS) is 10.9. The van der Waals surface area contributed by atoms with Gasteiger partial charge in [0, 0.05) is 10.0 Å². The van der Waals surface area contributed by atoms with E-state index in [4.69, 9.17) is 5.11 Å².